The van der Waals surface area contributed by atoms with Gasteiger partial charge in [-0.15, -0.1) is 0 Å². The van der Waals surface area contributed by atoms with Crippen LogP contribution in [0.3, 0.4) is 0 Å². The number of aliphatic hydroxyl groups excluding tert-OH is 1. The third-order valence-electron chi connectivity index (χ3n) is 3.72. The fourth-order valence-electron chi connectivity index (χ4n) is 2.73. The van der Waals surface area contributed by atoms with Crippen molar-refractivity contribution in [1.29, 1.82) is 0 Å². The summed E-state index contributed by atoms with van der Waals surface area (Å²) in [6, 6.07) is 6.14. The summed E-state index contributed by atoms with van der Waals surface area (Å²) in [5, 5.41) is 9.99. The van der Waals surface area contributed by atoms with Crippen molar-refractivity contribution in [2.24, 2.45) is 0 Å². The molecule has 0 aliphatic carbocycles. The number of hydrogen-bond donors (Lipinski definition) is 1. The highest BCUT2D eigenvalue weighted by Crippen LogP contribution is 2.31. The maximum atomic E-state index is 9.99. The summed E-state index contributed by atoms with van der Waals surface area (Å²) < 4.78 is 6.90. The molecule has 1 saturated heterocycles. The summed E-state index contributed by atoms with van der Waals surface area (Å²) in [6.07, 6.45) is 3.20. The Hall–Kier alpha value is -0.580. The first kappa shape index (κ1) is 15.8. The molecule has 1 fully saturated rings. The lowest BCUT2D eigenvalue weighted by Gasteiger charge is -2.36. The van der Waals surface area contributed by atoms with Gasteiger partial charge in [-0.3, -0.25) is 0 Å². The van der Waals surface area contributed by atoms with Gasteiger partial charge in [0.1, 0.15) is 0 Å². The lowest BCUT2D eigenvalue weighted by Crippen LogP contribution is -2.40. The van der Waals surface area contributed by atoms with E-state index in [-0.39, 0.29) is 0 Å². The standard InChI is InChI=1S/C16H24BrNO2/c1-3-9-20-14-5-4-8-18(11-14)16-7-6-13(17)10-15(16)12(2)19/h6-7,10,12,14,19H,3-5,8-9,11H2,1-2H3. The summed E-state index contributed by atoms with van der Waals surface area (Å²) in [7, 11) is 0. The molecule has 3 nitrogen and oxygen atoms in total. The largest absolute Gasteiger partial charge is 0.389 e. The molecular weight excluding hydrogens is 318 g/mol. The Balaban J connectivity index is 2.14. The smallest absolute Gasteiger partial charge is 0.0782 e. The van der Waals surface area contributed by atoms with E-state index in [0.717, 1.165) is 54.7 Å². The van der Waals surface area contributed by atoms with Crippen LogP contribution in [-0.2, 0) is 4.74 Å². The van der Waals surface area contributed by atoms with Crippen LogP contribution in [0.5, 0.6) is 0 Å². The first-order chi connectivity index (χ1) is 9.61. The molecule has 2 unspecified atom stereocenters. The van der Waals surface area contributed by atoms with Crippen LogP contribution >= 0.6 is 15.9 Å². The predicted molar refractivity (Wildman–Crippen MR) is 86.3 cm³/mol. The molecule has 2 rings (SSSR count). The SMILES string of the molecule is CCCOC1CCCN(c2ccc(Br)cc2C(C)O)C1. The molecule has 1 aliphatic heterocycles. The molecule has 0 bridgehead atoms. The van der Waals surface area contributed by atoms with E-state index in [1.54, 1.807) is 0 Å². The van der Waals surface area contributed by atoms with Gasteiger partial charge < -0.3 is 14.7 Å². The Bertz CT molecular complexity index is 436. The highest BCUT2D eigenvalue weighted by molar-refractivity contribution is 9.10. The van der Waals surface area contributed by atoms with Crippen molar-refractivity contribution in [3.05, 3.63) is 28.2 Å². The molecule has 1 aliphatic rings. The van der Waals surface area contributed by atoms with Gasteiger partial charge in [-0.2, -0.15) is 0 Å². The van der Waals surface area contributed by atoms with Crippen LogP contribution in [0, 0.1) is 0 Å². The average molecular weight is 342 g/mol. The van der Waals surface area contributed by atoms with E-state index in [2.05, 4.69) is 33.8 Å². The van der Waals surface area contributed by atoms with Gasteiger partial charge in [-0.25, -0.2) is 0 Å². The topological polar surface area (TPSA) is 32.7 Å². The minimum absolute atomic E-state index is 0.314. The van der Waals surface area contributed by atoms with Gasteiger partial charge in [0.05, 0.1) is 12.2 Å². The van der Waals surface area contributed by atoms with Crippen LogP contribution < -0.4 is 4.90 Å². The predicted octanol–water partition coefficient (Wildman–Crippen LogP) is 3.90. The molecule has 0 aromatic heterocycles. The number of hydrogen-bond acceptors (Lipinski definition) is 3. The van der Waals surface area contributed by atoms with Crippen molar-refractivity contribution in [3.8, 4) is 0 Å². The number of anilines is 1. The van der Waals surface area contributed by atoms with Gasteiger partial charge in [0.25, 0.3) is 0 Å². The van der Waals surface area contributed by atoms with Gasteiger partial charge in [-0.1, -0.05) is 22.9 Å². The molecule has 1 heterocycles. The Labute approximate surface area is 130 Å². The van der Waals surface area contributed by atoms with Gasteiger partial charge in [0.2, 0.25) is 0 Å². The minimum Gasteiger partial charge on any atom is -0.389 e. The molecule has 20 heavy (non-hydrogen) atoms. The lowest BCUT2D eigenvalue weighted by atomic mass is 10.0. The van der Waals surface area contributed by atoms with Crippen LogP contribution in [0.4, 0.5) is 5.69 Å². The van der Waals surface area contributed by atoms with Gasteiger partial charge in [0, 0.05) is 35.4 Å². The zero-order valence-corrected chi connectivity index (χ0v) is 13.9. The minimum atomic E-state index is -0.459. The van der Waals surface area contributed by atoms with Gasteiger partial charge in [0.15, 0.2) is 0 Å². The zero-order valence-electron chi connectivity index (χ0n) is 12.3. The molecule has 1 aromatic rings. The molecule has 0 spiro atoms. The summed E-state index contributed by atoms with van der Waals surface area (Å²) in [4.78, 5) is 2.35. The van der Waals surface area contributed by atoms with Crippen molar-refractivity contribution < 1.29 is 9.84 Å². The Morgan fingerprint density at radius 3 is 3.00 bits per heavy atom. The monoisotopic (exact) mass is 341 g/mol. The second kappa shape index (κ2) is 7.43. The molecule has 112 valence electrons. The third kappa shape index (κ3) is 3.96. The quantitative estimate of drug-likeness (QED) is 0.881. The van der Waals surface area contributed by atoms with Crippen LogP contribution in [-0.4, -0.2) is 30.9 Å². The summed E-state index contributed by atoms with van der Waals surface area (Å²) >= 11 is 3.48. The molecule has 0 saturated carbocycles. The third-order valence-corrected chi connectivity index (χ3v) is 4.21. The molecule has 4 heteroatoms. The van der Waals surface area contributed by atoms with Crippen molar-refractivity contribution in [2.75, 3.05) is 24.6 Å². The summed E-state index contributed by atoms with van der Waals surface area (Å²) in [6.45, 7) is 6.75. The Morgan fingerprint density at radius 1 is 1.50 bits per heavy atom. The van der Waals surface area contributed by atoms with E-state index < -0.39 is 6.10 Å². The molecule has 1 aromatic carbocycles. The molecular formula is C16H24BrNO2. The number of piperidine rings is 1. The molecule has 1 N–H and O–H groups in total. The highest BCUT2D eigenvalue weighted by Gasteiger charge is 2.23. The fraction of sp³-hybridized carbons (Fsp3) is 0.625. The maximum absolute atomic E-state index is 9.99. The molecule has 2 atom stereocenters. The van der Waals surface area contributed by atoms with E-state index in [1.165, 1.54) is 0 Å². The normalized spacial score (nSPS) is 21.0. The average Bonchev–Trinajstić information content (AvgIpc) is 2.45. The number of rotatable bonds is 5. The molecule has 0 radical (unpaired) electrons. The number of nitrogens with zero attached hydrogens (tertiary/aromatic N) is 1. The number of halogens is 1. The number of aliphatic hydroxyl groups is 1. The van der Waals surface area contributed by atoms with Gasteiger partial charge >= 0.3 is 0 Å². The summed E-state index contributed by atoms with van der Waals surface area (Å²) in [5.41, 5.74) is 2.11. The van der Waals surface area contributed by atoms with Crippen molar-refractivity contribution >= 4 is 21.6 Å². The van der Waals surface area contributed by atoms with Crippen molar-refractivity contribution in [3.63, 3.8) is 0 Å². The zero-order chi connectivity index (χ0) is 14.5. The van der Waals surface area contributed by atoms with E-state index >= 15 is 0 Å². The lowest BCUT2D eigenvalue weighted by molar-refractivity contribution is 0.0439. The van der Waals surface area contributed by atoms with Crippen molar-refractivity contribution in [2.45, 2.75) is 45.3 Å². The van der Waals surface area contributed by atoms with Crippen LogP contribution in [0.15, 0.2) is 22.7 Å². The molecule has 0 amide bonds. The number of benzene rings is 1. The second-order valence-electron chi connectivity index (χ2n) is 5.46. The highest BCUT2D eigenvalue weighted by atomic mass is 79.9. The fourth-order valence-corrected chi connectivity index (χ4v) is 3.10. The van der Waals surface area contributed by atoms with Crippen LogP contribution in [0.1, 0.15) is 44.8 Å². The van der Waals surface area contributed by atoms with E-state index in [4.69, 9.17) is 4.74 Å². The Morgan fingerprint density at radius 2 is 2.30 bits per heavy atom. The van der Waals surface area contributed by atoms with E-state index in [9.17, 15) is 5.11 Å². The number of ether oxygens (including phenoxy) is 1. The first-order valence-corrected chi connectivity index (χ1v) is 8.25. The second-order valence-corrected chi connectivity index (χ2v) is 6.38. The first-order valence-electron chi connectivity index (χ1n) is 7.46. The van der Waals surface area contributed by atoms with E-state index in [1.807, 2.05) is 19.1 Å². The van der Waals surface area contributed by atoms with Crippen LogP contribution in [0.2, 0.25) is 0 Å². The Kier molecular flexibility index (Phi) is 5.87. The van der Waals surface area contributed by atoms with E-state index in [0.29, 0.717) is 6.10 Å². The maximum Gasteiger partial charge on any atom is 0.0782 e. The van der Waals surface area contributed by atoms with Crippen molar-refractivity contribution in [1.82, 2.24) is 0 Å². The van der Waals surface area contributed by atoms with Gasteiger partial charge in [-0.05, 0) is 44.4 Å². The van der Waals surface area contributed by atoms with Crippen LogP contribution in [0.25, 0.3) is 0 Å². The summed E-state index contributed by atoms with van der Waals surface area (Å²) in [5.74, 6) is 0.